The number of phenols is 1. The molecular formula is C18H11BrF4N2O4. The second-order valence-electron chi connectivity index (χ2n) is 5.85. The van der Waals surface area contributed by atoms with Crippen LogP contribution in [0.25, 0.3) is 5.69 Å². The third-order valence-corrected chi connectivity index (χ3v) is 4.56. The van der Waals surface area contributed by atoms with Crippen LogP contribution in [-0.2, 0) is 13.2 Å². The number of alkyl halides is 3. The average molecular weight is 475 g/mol. The number of ether oxygens (including phenoxy) is 1. The third kappa shape index (κ3) is 3.90. The lowest BCUT2D eigenvalue weighted by Crippen LogP contribution is -2.41. The maximum atomic E-state index is 14.5. The van der Waals surface area contributed by atoms with E-state index in [1.54, 1.807) is 12.1 Å². The van der Waals surface area contributed by atoms with Crippen LogP contribution >= 0.6 is 15.9 Å². The van der Waals surface area contributed by atoms with Crippen molar-refractivity contribution in [2.24, 2.45) is 7.05 Å². The highest BCUT2D eigenvalue weighted by Gasteiger charge is 2.35. The molecule has 0 radical (unpaired) electrons. The first-order chi connectivity index (χ1) is 13.5. The smallest absolute Gasteiger partial charge is 0.431 e. The molecule has 0 saturated carbocycles. The number of rotatable bonds is 3. The molecule has 3 rings (SSSR count). The van der Waals surface area contributed by atoms with E-state index in [9.17, 15) is 32.3 Å². The Labute approximate surface area is 168 Å². The number of benzene rings is 2. The van der Waals surface area contributed by atoms with E-state index in [0.717, 1.165) is 19.2 Å². The molecular weight excluding hydrogens is 464 g/mol. The maximum absolute atomic E-state index is 14.5. The molecule has 0 aliphatic rings. The second-order valence-corrected chi connectivity index (χ2v) is 6.70. The predicted molar refractivity (Wildman–Crippen MR) is 98.1 cm³/mol. The van der Waals surface area contributed by atoms with Crippen LogP contribution in [0, 0.1) is 5.82 Å². The van der Waals surface area contributed by atoms with Gasteiger partial charge in [-0.15, -0.1) is 0 Å². The minimum Gasteiger partial charge on any atom is -0.504 e. The Kier molecular flexibility index (Phi) is 5.26. The number of hydrogen-bond donors (Lipinski definition) is 1. The third-order valence-electron chi connectivity index (χ3n) is 3.94. The SMILES string of the molecule is Cn1c(C(F)(F)F)cc(=O)n(-c2cc(Oc3ccccc3O)c(Br)cc2F)c1=O. The fourth-order valence-electron chi connectivity index (χ4n) is 2.55. The normalized spacial score (nSPS) is 11.5. The standard InChI is InChI=1S/C18H11BrF4N2O4/c1-24-15(18(21,22)23)8-16(27)25(17(24)28)11-7-14(9(19)6-10(11)20)29-13-5-3-2-4-12(13)26/h2-8,26H,1H3. The number of para-hydroxylation sites is 2. The molecule has 0 aliphatic heterocycles. The van der Waals surface area contributed by atoms with Crippen molar-refractivity contribution in [3.05, 3.63) is 79.3 Å². The van der Waals surface area contributed by atoms with Gasteiger partial charge in [0.25, 0.3) is 5.56 Å². The molecule has 0 fully saturated rings. The van der Waals surface area contributed by atoms with Crippen LogP contribution in [0.15, 0.2) is 56.5 Å². The van der Waals surface area contributed by atoms with Crippen molar-refractivity contribution in [1.82, 2.24) is 9.13 Å². The van der Waals surface area contributed by atoms with Gasteiger partial charge in [0.15, 0.2) is 11.5 Å². The molecule has 2 aromatic carbocycles. The molecule has 1 N–H and O–H groups in total. The first-order valence-corrected chi connectivity index (χ1v) is 8.65. The Balaban J connectivity index is 2.20. The summed E-state index contributed by atoms with van der Waals surface area (Å²) in [5.74, 6) is -1.37. The van der Waals surface area contributed by atoms with Gasteiger partial charge in [0.2, 0.25) is 0 Å². The minimum absolute atomic E-state index is 0.00146. The molecule has 0 bridgehead atoms. The molecule has 0 spiro atoms. The molecule has 1 aromatic heterocycles. The molecule has 11 heteroatoms. The van der Waals surface area contributed by atoms with Crippen molar-refractivity contribution in [3.63, 3.8) is 0 Å². The van der Waals surface area contributed by atoms with Crippen molar-refractivity contribution in [2.45, 2.75) is 6.18 Å². The Morgan fingerprint density at radius 1 is 1.07 bits per heavy atom. The molecule has 1 heterocycles. The number of hydrogen-bond acceptors (Lipinski definition) is 4. The summed E-state index contributed by atoms with van der Waals surface area (Å²) in [4.78, 5) is 24.6. The summed E-state index contributed by atoms with van der Waals surface area (Å²) in [6, 6.07) is 7.89. The monoisotopic (exact) mass is 474 g/mol. The highest BCUT2D eigenvalue weighted by Crippen LogP contribution is 2.36. The van der Waals surface area contributed by atoms with Gasteiger partial charge in [-0.05, 0) is 34.1 Å². The highest BCUT2D eigenvalue weighted by molar-refractivity contribution is 9.10. The van der Waals surface area contributed by atoms with Crippen LogP contribution in [-0.4, -0.2) is 14.2 Å². The van der Waals surface area contributed by atoms with Gasteiger partial charge in [-0.2, -0.15) is 13.2 Å². The summed E-state index contributed by atoms with van der Waals surface area (Å²) < 4.78 is 59.5. The van der Waals surface area contributed by atoms with E-state index >= 15 is 0 Å². The summed E-state index contributed by atoms with van der Waals surface area (Å²) in [6.45, 7) is 0. The van der Waals surface area contributed by atoms with E-state index in [-0.39, 0.29) is 36.9 Å². The van der Waals surface area contributed by atoms with Gasteiger partial charge in [-0.1, -0.05) is 12.1 Å². The highest BCUT2D eigenvalue weighted by atomic mass is 79.9. The molecule has 0 aliphatic carbocycles. The van der Waals surface area contributed by atoms with Crippen LogP contribution in [0.5, 0.6) is 17.2 Å². The molecule has 3 aromatic rings. The quantitative estimate of drug-likeness (QED) is 0.583. The van der Waals surface area contributed by atoms with E-state index in [2.05, 4.69) is 15.9 Å². The van der Waals surface area contributed by atoms with E-state index in [1.165, 1.54) is 12.1 Å². The largest absolute Gasteiger partial charge is 0.504 e. The lowest BCUT2D eigenvalue weighted by molar-refractivity contribution is -0.144. The summed E-state index contributed by atoms with van der Waals surface area (Å²) in [7, 11) is 0.817. The van der Waals surface area contributed by atoms with Gasteiger partial charge in [0, 0.05) is 19.2 Å². The Morgan fingerprint density at radius 3 is 2.34 bits per heavy atom. The molecule has 6 nitrogen and oxygen atoms in total. The molecule has 0 atom stereocenters. The van der Waals surface area contributed by atoms with E-state index < -0.39 is 34.6 Å². The van der Waals surface area contributed by atoms with Crippen molar-refractivity contribution in [3.8, 4) is 22.9 Å². The van der Waals surface area contributed by atoms with Crippen LogP contribution in [0.4, 0.5) is 17.6 Å². The summed E-state index contributed by atoms with van der Waals surface area (Å²) in [5.41, 5.74) is -4.83. The topological polar surface area (TPSA) is 73.5 Å². The van der Waals surface area contributed by atoms with Gasteiger partial charge in [0.1, 0.15) is 17.3 Å². The summed E-state index contributed by atoms with van der Waals surface area (Å²) in [5, 5.41) is 9.81. The minimum atomic E-state index is -4.94. The first kappa shape index (κ1) is 20.6. The first-order valence-electron chi connectivity index (χ1n) is 7.86. The van der Waals surface area contributed by atoms with E-state index in [4.69, 9.17) is 4.74 Å². The molecule has 0 unspecified atom stereocenters. The molecule has 29 heavy (non-hydrogen) atoms. The van der Waals surface area contributed by atoms with Crippen molar-refractivity contribution in [2.75, 3.05) is 0 Å². The summed E-state index contributed by atoms with van der Waals surface area (Å²) in [6.07, 6.45) is -4.94. The number of aromatic nitrogens is 2. The fraction of sp³-hybridized carbons (Fsp3) is 0.111. The van der Waals surface area contributed by atoms with E-state index in [1.807, 2.05) is 0 Å². The fourth-order valence-corrected chi connectivity index (χ4v) is 2.95. The van der Waals surface area contributed by atoms with Crippen molar-refractivity contribution >= 4 is 15.9 Å². The van der Waals surface area contributed by atoms with Crippen LogP contribution in [0.3, 0.4) is 0 Å². The number of nitrogens with zero attached hydrogens (tertiary/aromatic N) is 2. The Hall–Kier alpha value is -3.08. The molecule has 152 valence electrons. The second kappa shape index (κ2) is 7.39. The zero-order chi connectivity index (χ0) is 21.5. The van der Waals surface area contributed by atoms with Crippen molar-refractivity contribution in [1.29, 1.82) is 0 Å². The van der Waals surface area contributed by atoms with Gasteiger partial charge < -0.3 is 9.84 Å². The molecule has 0 saturated heterocycles. The van der Waals surface area contributed by atoms with Gasteiger partial charge >= 0.3 is 11.9 Å². The Bertz CT molecular complexity index is 1220. The van der Waals surface area contributed by atoms with Crippen LogP contribution in [0.2, 0.25) is 0 Å². The summed E-state index contributed by atoms with van der Waals surface area (Å²) >= 11 is 3.06. The van der Waals surface area contributed by atoms with Gasteiger partial charge in [-0.3, -0.25) is 9.36 Å². The Morgan fingerprint density at radius 2 is 1.72 bits per heavy atom. The maximum Gasteiger partial charge on any atom is 0.431 e. The van der Waals surface area contributed by atoms with Crippen LogP contribution < -0.4 is 16.0 Å². The van der Waals surface area contributed by atoms with Gasteiger partial charge in [0.05, 0.1) is 10.2 Å². The van der Waals surface area contributed by atoms with E-state index in [0.29, 0.717) is 0 Å². The predicted octanol–water partition coefficient (Wildman–Crippen LogP) is 3.95. The molecule has 0 amide bonds. The zero-order valence-corrected chi connectivity index (χ0v) is 16.1. The number of phenolic OH excluding ortho intramolecular Hbond substituents is 1. The zero-order valence-electron chi connectivity index (χ0n) is 14.5. The number of halogens is 5. The van der Waals surface area contributed by atoms with Crippen molar-refractivity contribution < 1.29 is 27.4 Å². The van der Waals surface area contributed by atoms with Crippen LogP contribution in [0.1, 0.15) is 5.69 Å². The lowest BCUT2D eigenvalue weighted by atomic mass is 10.2. The van der Waals surface area contributed by atoms with Gasteiger partial charge in [-0.25, -0.2) is 13.8 Å². The number of aromatic hydroxyl groups is 1. The lowest BCUT2D eigenvalue weighted by Gasteiger charge is -2.16. The average Bonchev–Trinajstić information content (AvgIpc) is 2.62.